The normalized spacial score (nSPS) is 19.1. The maximum Gasteiger partial charge on any atom is 0.183 e. The van der Waals surface area contributed by atoms with E-state index in [1.807, 2.05) is 0 Å². The molecule has 0 atom stereocenters. The van der Waals surface area contributed by atoms with E-state index in [0.717, 1.165) is 10.8 Å². The Kier molecular flexibility index (Phi) is 0.906. The van der Waals surface area contributed by atoms with Crippen LogP contribution in [0.2, 0.25) is 0 Å². The van der Waals surface area contributed by atoms with Crippen LogP contribution >= 0.6 is 0 Å². The molecule has 0 fully saturated rings. The van der Waals surface area contributed by atoms with E-state index < -0.39 is 0 Å². The van der Waals surface area contributed by atoms with Crippen LogP contribution in [0.4, 0.5) is 0 Å². The number of hydroxylamine groups is 2. The Hall–Kier alpha value is -0.700. The van der Waals surface area contributed by atoms with Gasteiger partial charge < -0.3 is 4.74 Å². The Morgan fingerprint density at radius 1 is 2.00 bits per heavy atom. The van der Waals surface area contributed by atoms with Gasteiger partial charge in [-0.15, -0.1) is 0 Å². The van der Waals surface area contributed by atoms with Crippen LogP contribution in [0, 0.1) is 0 Å². The van der Waals surface area contributed by atoms with Crippen molar-refractivity contribution in [3.63, 3.8) is 0 Å². The van der Waals surface area contributed by atoms with E-state index in [9.17, 15) is 0 Å². The predicted octanol–water partition coefficient (Wildman–Crippen LogP) is 0.527. The van der Waals surface area contributed by atoms with Gasteiger partial charge in [0.1, 0.15) is 5.76 Å². The zero-order valence-corrected chi connectivity index (χ0v) is 4.09. The smallest absolute Gasteiger partial charge is 0.183 e. The molecule has 1 heterocycles. The van der Waals surface area contributed by atoms with Crippen LogP contribution in [0.25, 0.3) is 0 Å². The van der Waals surface area contributed by atoms with Crippen molar-refractivity contribution >= 4 is 0 Å². The lowest BCUT2D eigenvalue weighted by Crippen LogP contribution is -2.07. The number of nitrogens with zero attached hydrogens (tertiary/aromatic N) is 1. The average molecular weight is 101 g/mol. The summed E-state index contributed by atoms with van der Waals surface area (Å²) in [7, 11) is 0. The first kappa shape index (κ1) is 4.46. The van der Waals surface area contributed by atoms with Crippen LogP contribution in [0.5, 0.6) is 0 Å². The van der Waals surface area contributed by atoms with Gasteiger partial charge in [-0.2, -0.15) is 0 Å². The first-order valence-electron chi connectivity index (χ1n) is 2.06. The minimum atomic E-state index is 0.270. The molecule has 40 valence electrons. The van der Waals surface area contributed by atoms with Gasteiger partial charge >= 0.3 is 0 Å². The Balaban J connectivity index is 2.50. The highest BCUT2D eigenvalue weighted by molar-refractivity contribution is 4.88. The lowest BCUT2D eigenvalue weighted by Gasteiger charge is -1.98. The summed E-state index contributed by atoms with van der Waals surface area (Å²) in [5, 5.41) is 9.53. The molecule has 0 bridgehead atoms. The summed E-state index contributed by atoms with van der Waals surface area (Å²) in [6, 6.07) is 0. The fourth-order valence-corrected chi connectivity index (χ4v) is 0.452. The quantitative estimate of drug-likeness (QED) is 0.483. The highest BCUT2D eigenvalue weighted by atomic mass is 16.6. The summed E-state index contributed by atoms with van der Waals surface area (Å²) in [6.45, 7) is 2.06. The second-order valence-corrected chi connectivity index (χ2v) is 1.45. The zero-order chi connectivity index (χ0) is 5.28. The molecule has 1 N–H and O–H groups in total. The third kappa shape index (κ3) is 0.838. The van der Waals surface area contributed by atoms with Gasteiger partial charge in [-0.25, -0.2) is 5.06 Å². The van der Waals surface area contributed by atoms with Crippen molar-refractivity contribution in [3.8, 4) is 0 Å². The standard InChI is InChI=1S/C4H7NO2/c1-4-2-5(6)3-7-4/h2,6H,3H2,1H3. The van der Waals surface area contributed by atoms with Gasteiger partial charge in [0.05, 0.1) is 6.20 Å². The number of allylic oxidation sites excluding steroid dienone is 1. The molecule has 1 aliphatic rings. The van der Waals surface area contributed by atoms with E-state index in [2.05, 4.69) is 0 Å². The van der Waals surface area contributed by atoms with E-state index in [0.29, 0.717) is 0 Å². The summed E-state index contributed by atoms with van der Waals surface area (Å²) in [5.41, 5.74) is 0. The molecule has 0 saturated carbocycles. The van der Waals surface area contributed by atoms with Crippen molar-refractivity contribution in [2.24, 2.45) is 0 Å². The second kappa shape index (κ2) is 1.42. The molecular weight excluding hydrogens is 94.0 g/mol. The molecule has 0 radical (unpaired) electrons. The molecule has 3 nitrogen and oxygen atoms in total. The Labute approximate surface area is 41.8 Å². The molecule has 3 heteroatoms. The second-order valence-electron chi connectivity index (χ2n) is 1.45. The predicted molar refractivity (Wildman–Crippen MR) is 23.3 cm³/mol. The molecule has 7 heavy (non-hydrogen) atoms. The van der Waals surface area contributed by atoms with Crippen LogP contribution in [-0.4, -0.2) is 17.0 Å². The Morgan fingerprint density at radius 3 is 2.86 bits per heavy atom. The van der Waals surface area contributed by atoms with Gasteiger partial charge in [0.25, 0.3) is 0 Å². The number of hydrogen-bond donors (Lipinski definition) is 1. The molecule has 0 spiro atoms. The van der Waals surface area contributed by atoms with E-state index in [1.165, 1.54) is 6.20 Å². The van der Waals surface area contributed by atoms with Gasteiger partial charge in [0.15, 0.2) is 6.73 Å². The Morgan fingerprint density at radius 2 is 2.71 bits per heavy atom. The third-order valence-electron chi connectivity index (χ3n) is 0.755. The van der Waals surface area contributed by atoms with Crippen molar-refractivity contribution in [3.05, 3.63) is 12.0 Å². The summed E-state index contributed by atoms with van der Waals surface area (Å²) in [4.78, 5) is 0. The van der Waals surface area contributed by atoms with Crippen LogP contribution in [0.1, 0.15) is 6.92 Å². The fourth-order valence-electron chi connectivity index (χ4n) is 0.452. The maximum absolute atomic E-state index is 8.53. The van der Waals surface area contributed by atoms with Gasteiger partial charge in [-0.05, 0) is 6.92 Å². The summed E-state index contributed by atoms with van der Waals surface area (Å²) < 4.78 is 4.80. The molecule has 1 rings (SSSR count). The van der Waals surface area contributed by atoms with E-state index in [4.69, 9.17) is 9.94 Å². The van der Waals surface area contributed by atoms with Gasteiger partial charge in [0.2, 0.25) is 0 Å². The van der Waals surface area contributed by atoms with Crippen molar-refractivity contribution in [1.82, 2.24) is 5.06 Å². The van der Waals surface area contributed by atoms with Crippen molar-refractivity contribution in [2.75, 3.05) is 6.73 Å². The minimum absolute atomic E-state index is 0.270. The number of rotatable bonds is 0. The average Bonchev–Trinajstić information content (AvgIpc) is 1.87. The van der Waals surface area contributed by atoms with E-state index >= 15 is 0 Å². The molecule has 0 aromatic carbocycles. The lowest BCUT2D eigenvalue weighted by atomic mass is 10.6. The summed E-state index contributed by atoms with van der Waals surface area (Å²) in [5.74, 6) is 0.752. The monoisotopic (exact) mass is 101 g/mol. The molecule has 0 aromatic heterocycles. The van der Waals surface area contributed by atoms with Crippen molar-refractivity contribution in [2.45, 2.75) is 6.92 Å². The zero-order valence-electron chi connectivity index (χ0n) is 4.09. The van der Waals surface area contributed by atoms with Crippen LogP contribution < -0.4 is 0 Å². The topological polar surface area (TPSA) is 32.7 Å². The first-order chi connectivity index (χ1) is 3.29. The summed E-state index contributed by atoms with van der Waals surface area (Å²) in [6.07, 6.45) is 1.53. The number of ether oxygens (including phenoxy) is 1. The highest BCUT2D eigenvalue weighted by Crippen LogP contribution is 2.04. The largest absolute Gasteiger partial charge is 0.474 e. The Bertz CT molecular complexity index is 99.9. The molecule has 0 aromatic rings. The van der Waals surface area contributed by atoms with Crippen LogP contribution in [0.3, 0.4) is 0 Å². The maximum atomic E-state index is 8.53. The fraction of sp³-hybridized carbons (Fsp3) is 0.500. The lowest BCUT2D eigenvalue weighted by molar-refractivity contribution is -0.0804. The third-order valence-corrected chi connectivity index (χ3v) is 0.755. The highest BCUT2D eigenvalue weighted by Gasteiger charge is 2.03. The van der Waals surface area contributed by atoms with Crippen molar-refractivity contribution in [1.29, 1.82) is 0 Å². The van der Waals surface area contributed by atoms with Gasteiger partial charge in [-0.1, -0.05) is 0 Å². The molecule has 0 saturated heterocycles. The molecule has 1 aliphatic heterocycles. The molecule has 0 unspecified atom stereocenters. The van der Waals surface area contributed by atoms with Gasteiger partial charge in [-0.3, -0.25) is 5.21 Å². The van der Waals surface area contributed by atoms with E-state index in [1.54, 1.807) is 6.92 Å². The number of hydrogen-bond acceptors (Lipinski definition) is 3. The minimum Gasteiger partial charge on any atom is -0.474 e. The van der Waals surface area contributed by atoms with Crippen LogP contribution in [0.15, 0.2) is 12.0 Å². The summed E-state index contributed by atoms with van der Waals surface area (Å²) >= 11 is 0. The van der Waals surface area contributed by atoms with E-state index in [-0.39, 0.29) is 6.73 Å². The molecular formula is C4H7NO2. The SMILES string of the molecule is CC1=CN(O)CO1. The van der Waals surface area contributed by atoms with Crippen molar-refractivity contribution < 1.29 is 9.94 Å². The first-order valence-corrected chi connectivity index (χ1v) is 2.06. The molecule has 0 aliphatic carbocycles. The van der Waals surface area contributed by atoms with Gasteiger partial charge in [0, 0.05) is 0 Å². The van der Waals surface area contributed by atoms with Crippen LogP contribution in [-0.2, 0) is 4.74 Å². The molecule has 0 amide bonds.